The quantitative estimate of drug-likeness (QED) is 0.313. The fourth-order valence-corrected chi connectivity index (χ4v) is 4.92. The second-order valence-corrected chi connectivity index (χ2v) is 10.0. The molecule has 1 saturated heterocycles. The molecular weight excluding hydrogens is 534 g/mol. The van der Waals surface area contributed by atoms with E-state index < -0.39 is 0 Å². The Bertz CT molecular complexity index is 1280. The van der Waals surface area contributed by atoms with Gasteiger partial charge in [-0.15, -0.1) is 0 Å². The first-order chi connectivity index (χ1) is 16.3. The van der Waals surface area contributed by atoms with Crippen molar-refractivity contribution in [3.63, 3.8) is 0 Å². The van der Waals surface area contributed by atoms with Crippen LogP contribution in [0.3, 0.4) is 0 Å². The van der Waals surface area contributed by atoms with Crippen LogP contribution in [0.2, 0.25) is 20.1 Å². The lowest BCUT2D eigenvalue weighted by Gasteiger charge is -2.11. The van der Waals surface area contributed by atoms with Gasteiger partial charge < -0.3 is 10.1 Å². The monoisotopic (exact) mass is 550 g/mol. The molecule has 0 spiro atoms. The van der Waals surface area contributed by atoms with Crippen LogP contribution in [0.15, 0.2) is 64.5 Å². The van der Waals surface area contributed by atoms with Crippen molar-refractivity contribution in [1.29, 1.82) is 0 Å². The summed E-state index contributed by atoms with van der Waals surface area (Å²) >= 11 is 26.1. The lowest BCUT2D eigenvalue weighted by Crippen LogP contribution is -2.19. The number of nitrogens with one attached hydrogen (secondary N) is 1. The molecule has 0 radical (unpaired) electrons. The number of aliphatic imine (C=N–C) groups is 1. The maximum Gasteiger partial charge on any atom is 0.264 e. The summed E-state index contributed by atoms with van der Waals surface area (Å²) in [5.41, 5.74) is 3.49. The number of nitrogens with zero attached hydrogens (tertiary/aromatic N) is 1. The maximum atomic E-state index is 12.4. The number of hydrogen-bond acceptors (Lipinski definition) is 4. The predicted octanol–water partition coefficient (Wildman–Crippen LogP) is 8.33. The summed E-state index contributed by atoms with van der Waals surface area (Å²) in [6, 6.07) is 16.5. The summed E-state index contributed by atoms with van der Waals surface area (Å²) in [5, 5.41) is 4.86. The van der Waals surface area contributed by atoms with Crippen molar-refractivity contribution in [2.75, 3.05) is 0 Å². The second kappa shape index (κ2) is 11.1. The highest BCUT2D eigenvalue weighted by molar-refractivity contribution is 8.18. The number of aryl methyl sites for hydroxylation is 1. The molecule has 1 fully saturated rings. The van der Waals surface area contributed by atoms with Crippen molar-refractivity contribution >= 4 is 81.0 Å². The van der Waals surface area contributed by atoms with E-state index in [0.29, 0.717) is 41.5 Å². The highest BCUT2D eigenvalue weighted by Gasteiger charge is 2.24. The molecule has 0 saturated carbocycles. The number of ether oxygens (including phenoxy) is 1. The van der Waals surface area contributed by atoms with Gasteiger partial charge in [-0.05, 0) is 77.3 Å². The molecule has 1 N–H and O–H groups in total. The molecule has 174 valence electrons. The van der Waals surface area contributed by atoms with Gasteiger partial charge in [0.05, 0.1) is 30.7 Å². The van der Waals surface area contributed by atoms with Crippen LogP contribution >= 0.6 is 58.2 Å². The number of halogens is 4. The first-order valence-corrected chi connectivity index (χ1v) is 12.6. The second-order valence-electron chi connectivity index (χ2n) is 7.35. The van der Waals surface area contributed by atoms with Crippen LogP contribution in [-0.2, 0) is 17.8 Å². The Morgan fingerprint density at radius 3 is 2.24 bits per heavy atom. The number of benzene rings is 3. The van der Waals surface area contributed by atoms with Gasteiger partial charge in [0.15, 0.2) is 10.9 Å². The molecule has 1 aliphatic heterocycles. The molecule has 34 heavy (non-hydrogen) atoms. The van der Waals surface area contributed by atoms with Gasteiger partial charge in [-0.2, -0.15) is 0 Å². The minimum atomic E-state index is -0.235. The summed E-state index contributed by atoms with van der Waals surface area (Å²) in [6.07, 6.45) is 2.67. The van der Waals surface area contributed by atoms with Crippen LogP contribution < -0.4 is 10.1 Å². The van der Waals surface area contributed by atoms with Gasteiger partial charge in [-0.25, -0.2) is 4.99 Å². The fourth-order valence-electron chi connectivity index (χ4n) is 3.14. The third kappa shape index (κ3) is 6.09. The fraction of sp³-hybridized carbons (Fsp3) is 0.120. The largest absolute Gasteiger partial charge is 0.486 e. The Morgan fingerprint density at radius 1 is 0.912 bits per heavy atom. The smallest absolute Gasteiger partial charge is 0.264 e. The van der Waals surface area contributed by atoms with E-state index in [1.165, 1.54) is 17.3 Å². The van der Waals surface area contributed by atoms with Crippen LogP contribution in [0.1, 0.15) is 23.6 Å². The Labute approximate surface area is 221 Å². The number of carbonyl (C=O) groups is 1. The maximum absolute atomic E-state index is 12.4. The van der Waals surface area contributed by atoms with Crippen LogP contribution in [0.4, 0.5) is 5.69 Å². The zero-order chi connectivity index (χ0) is 24.2. The molecule has 3 aromatic rings. The van der Waals surface area contributed by atoms with Crippen molar-refractivity contribution in [3.05, 3.63) is 96.3 Å². The average molecular weight is 552 g/mol. The van der Waals surface area contributed by atoms with Gasteiger partial charge in [-0.3, -0.25) is 4.79 Å². The molecule has 4 nitrogen and oxygen atoms in total. The van der Waals surface area contributed by atoms with Gasteiger partial charge in [0.25, 0.3) is 5.91 Å². The van der Waals surface area contributed by atoms with E-state index in [0.717, 1.165) is 17.7 Å². The number of rotatable bonds is 6. The number of thioether (sulfide) groups is 1. The van der Waals surface area contributed by atoms with Crippen molar-refractivity contribution in [2.24, 2.45) is 4.99 Å². The SMILES string of the molecule is CCc1ccc(N=C2NC(=O)/C(=C/c3cc(Cl)c(OCc4ccc(Cl)c(Cl)c4)c(Cl)c3)S2)cc1. The predicted molar refractivity (Wildman–Crippen MR) is 144 cm³/mol. The summed E-state index contributed by atoms with van der Waals surface area (Å²) in [4.78, 5) is 17.4. The minimum absolute atomic E-state index is 0.216. The van der Waals surface area contributed by atoms with Gasteiger partial charge in [0.2, 0.25) is 0 Å². The van der Waals surface area contributed by atoms with E-state index in [2.05, 4.69) is 17.2 Å². The Kier molecular flexibility index (Phi) is 8.12. The number of carbonyl (C=O) groups excluding carboxylic acids is 1. The van der Waals surface area contributed by atoms with E-state index in [4.69, 9.17) is 51.1 Å². The first-order valence-electron chi connectivity index (χ1n) is 10.3. The van der Waals surface area contributed by atoms with Crippen LogP contribution in [-0.4, -0.2) is 11.1 Å². The van der Waals surface area contributed by atoms with Crippen molar-refractivity contribution in [1.82, 2.24) is 5.32 Å². The molecule has 9 heteroatoms. The highest BCUT2D eigenvalue weighted by atomic mass is 35.5. The molecule has 0 bridgehead atoms. The Hall–Kier alpha value is -2.15. The zero-order valence-corrected chi connectivity index (χ0v) is 21.7. The third-order valence-corrected chi connectivity index (χ3v) is 7.12. The molecule has 4 rings (SSSR count). The molecule has 0 atom stereocenters. The molecule has 0 aromatic heterocycles. The van der Waals surface area contributed by atoms with Crippen LogP contribution in [0, 0.1) is 0 Å². The van der Waals surface area contributed by atoms with E-state index in [1.807, 2.05) is 30.3 Å². The summed E-state index contributed by atoms with van der Waals surface area (Å²) in [7, 11) is 0. The van der Waals surface area contributed by atoms with E-state index >= 15 is 0 Å². The molecular formula is C25H18Cl4N2O2S. The van der Waals surface area contributed by atoms with Crippen molar-refractivity contribution < 1.29 is 9.53 Å². The third-order valence-electron chi connectivity index (χ3n) is 4.91. The molecule has 0 unspecified atom stereocenters. The zero-order valence-electron chi connectivity index (χ0n) is 17.9. The molecule has 1 aliphatic rings. The normalized spacial score (nSPS) is 15.7. The van der Waals surface area contributed by atoms with Crippen molar-refractivity contribution in [2.45, 2.75) is 20.0 Å². The van der Waals surface area contributed by atoms with E-state index in [-0.39, 0.29) is 12.5 Å². The summed E-state index contributed by atoms with van der Waals surface area (Å²) in [5.74, 6) is 0.110. The minimum Gasteiger partial charge on any atom is -0.486 e. The Balaban J connectivity index is 1.48. The molecule has 0 aliphatic carbocycles. The van der Waals surface area contributed by atoms with E-state index in [1.54, 1.807) is 30.3 Å². The van der Waals surface area contributed by atoms with Gasteiger partial charge in [-0.1, -0.05) is 71.5 Å². The average Bonchev–Trinajstić information content (AvgIpc) is 3.14. The lowest BCUT2D eigenvalue weighted by atomic mass is 10.2. The van der Waals surface area contributed by atoms with Gasteiger partial charge >= 0.3 is 0 Å². The van der Waals surface area contributed by atoms with Gasteiger partial charge in [0, 0.05) is 0 Å². The van der Waals surface area contributed by atoms with Gasteiger partial charge in [0.1, 0.15) is 6.61 Å². The summed E-state index contributed by atoms with van der Waals surface area (Å²) in [6.45, 7) is 2.31. The standard InChI is InChI=1S/C25H18Cl4N2O2S/c1-2-14-3-6-17(7-4-14)30-25-31-24(32)22(34-25)12-16-10-20(28)23(21(29)11-16)33-13-15-5-8-18(26)19(27)9-15/h3-12H,2,13H2,1H3,(H,30,31,32)/b22-12-. The molecule has 3 aromatic carbocycles. The van der Waals surface area contributed by atoms with E-state index in [9.17, 15) is 4.79 Å². The topological polar surface area (TPSA) is 50.7 Å². The van der Waals surface area contributed by atoms with Crippen molar-refractivity contribution in [3.8, 4) is 5.75 Å². The summed E-state index contributed by atoms with van der Waals surface area (Å²) < 4.78 is 5.80. The van der Waals surface area contributed by atoms with Crippen LogP contribution in [0.5, 0.6) is 5.75 Å². The Morgan fingerprint density at radius 2 is 1.59 bits per heavy atom. The molecule has 1 heterocycles. The number of hydrogen-bond donors (Lipinski definition) is 1. The lowest BCUT2D eigenvalue weighted by molar-refractivity contribution is -0.115. The van der Waals surface area contributed by atoms with Crippen LogP contribution in [0.25, 0.3) is 6.08 Å². The number of amides is 1. The highest BCUT2D eigenvalue weighted by Crippen LogP contribution is 2.37. The number of amidine groups is 1. The first kappa shape index (κ1) is 25.0. The molecule has 1 amide bonds.